The summed E-state index contributed by atoms with van der Waals surface area (Å²) in [7, 11) is 0. The summed E-state index contributed by atoms with van der Waals surface area (Å²) in [6.07, 6.45) is 5.72. The van der Waals surface area contributed by atoms with E-state index in [1.807, 2.05) is 18.2 Å². The van der Waals surface area contributed by atoms with Gasteiger partial charge in [-0.2, -0.15) is 0 Å². The molecule has 3 heteroatoms. The van der Waals surface area contributed by atoms with Crippen LogP contribution in [-0.2, 0) is 10.5 Å². The van der Waals surface area contributed by atoms with E-state index in [2.05, 4.69) is 41.7 Å². The van der Waals surface area contributed by atoms with Gasteiger partial charge in [0, 0.05) is 22.3 Å². The first-order valence-electron chi connectivity index (χ1n) is 8.39. The van der Waals surface area contributed by atoms with Crippen LogP contribution in [0.25, 0.3) is 0 Å². The highest BCUT2D eigenvalue weighted by atomic mass is 32.2. The molecular formula is C20H23NOS. The molecule has 0 heterocycles. The number of hydrogen-bond donors (Lipinski definition) is 1. The van der Waals surface area contributed by atoms with E-state index in [-0.39, 0.29) is 11.8 Å². The smallest absolute Gasteiger partial charge is 0.227 e. The monoisotopic (exact) mass is 325 g/mol. The Labute approximate surface area is 142 Å². The number of thioether (sulfide) groups is 1. The van der Waals surface area contributed by atoms with Crippen molar-refractivity contribution in [3.8, 4) is 0 Å². The van der Waals surface area contributed by atoms with Crippen LogP contribution in [0.15, 0.2) is 59.5 Å². The van der Waals surface area contributed by atoms with Gasteiger partial charge < -0.3 is 5.32 Å². The summed E-state index contributed by atoms with van der Waals surface area (Å²) in [5.74, 6) is 1.33. The van der Waals surface area contributed by atoms with Crippen molar-refractivity contribution in [2.24, 2.45) is 5.92 Å². The van der Waals surface area contributed by atoms with Gasteiger partial charge in [-0.15, -0.1) is 11.8 Å². The van der Waals surface area contributed by atoms with E-state index in [9.17, 15) is 4.79 Å². The van der Waals surface area contributed by atoms with E-state index in [4.69, 9.17) is 0 Å². The summed E-state index contributed by atoms with van der Waals surface area (Å²) in [6.45, 7) is 0. The Hall–Kier alpha value is -1.74. The second-order valence-electron chi connectivity index (χ2n) is 6.13. The number of amides is 1. The minimum atomic E-state index is 0.190. The Bertz CT molecular complexity index is 635. The number of rotatable bonds is 5. The van der Waals surface area contributed by atoms with Gasteiger partial charge in [0.15, 0.2) is 0 Å². The minimum Gasteiger partial charge on any atom is -0.326 e. The molecule has 1 fully saturated rings. The fourth-order valence-electron chi connectivity index (χ4n) is 3.01. The summed E-state index contributed by atoms with van der Waals surface area (Å²) in [4.78, 5) is 13.5. The molecule has 0 saturated heterocycles. The van der Waals surface area contributed by atoms with Gasteiger partial charge in [-0.1, -0.05) is 55.7 Å². The van der Waals surface area contributed by atoms with E-state index >= 15 is 0 Å². The van der Waals surface area contributed by atoms with E-state index in [1.54, 1.807) is 11.8 Å². The molecule has 120 valence electrons. The fraction of sp³-hybridized carbons (Fsp3) is 0.350. The van der Waals surface area contributed by atoms with Crippen LogP contribution in [0.1, 0.15) is 37.7 Å². The van der Waals surface area contributed by atoms with Crippen LogP contribution in [0.5, 0.6) is 0 Å². The topological polar surface area (TPSA) is 29.1 Å². The summed E-state index contributed by atoms with van der Waals surface area (Å²) in [5, 5.41) is 3.10. The molecule has 1 amide bonds. The zero-order valence-corrected chi connectivity index (χ0v) is 14.1. The number of anilines is 1. The fourth-order valence-corrected chi connectivity index (χ4v) is 3.92. The van der Waals surface area contributed by atoms with Crippen molar-refractivity contribution in [1.29, 1.82) is 0 Å². The van der Waals surface area contributed by atoms with Crippen molar-refractivity contribution in [2.45, 2.75) is 42.8 Å². The van der Waals surface area contributed by atoms with Crippen molar-refractivity contribution in [2.75, 3.05) is 5.32 Å². The number of benzene rings is 2. The lowest BCUT2D eigenvalue weighted by Gasteiger charge is -2.20. The third kappa shape index (κ3) is 4.87. The number of carbonyl (C=O) groups excluding carboxylic acids is 1. The van der Waals surface area contributed by atoms with Gasteiger partial charge in [-0.05, 0) is 36.6 Å². The average Bonchev–Trinajstić information content (AvgIpc) is 2.62. The van der Waals surface area contributed by atoms with Gasteiger partial charge in [0.2, 0.25) is 5.91 Å². The molecular weight excluding hydrogens is 302 g/mol. The lowest BCUT2D eigenvalue weighted by molar-refractivity contribution is -0.120. The lowest BCUT2D eigenvalue weighted by atomic mass is 9.88. The highest BCUT2D eigenvalue weighted by Gasteiger charge is 2.20. The molecule has 1 aliphatic rings. The van der Waals surface area contributed by atoms with Gasteiger partial charge >= 0.3 is 0 Å². The Morgan fingerprint density at radius 1 is 1.00 bits per heavy atom. The first-order chi connectivity index (χ1) is 11.3. The standard InChI is InChI=1S/C20H23NOS/c22-20(17-10-5-2-6-11-17)21-18-12-7-13-19(14-18)23-15-16-8-3-1-4-9-16/h1,3-4,7-9,12-14,17H,2,5-6,10-11,15H2,(H,21,22). The van der Waals surface area contributed by atoms with Crippen LogP contribution in [0.3, 0.4) is 0 Å². The molecule has 1 aliphatic carbocycles. The maximum absolute atomic E-state index is 12.3. The Morgan fingerprint density at radius 3 is 2.57 bits per heavy atom. The summed E-state index contributed by atoms with van der Waals surface area (Å²) in [5.41, 5.74) is 2.23. The number of nitrogens with one attached hydrogen (secondary N) is 1. The second-order valence-corrected chi connectivity index (χ2v) is 7.18. The zero-order chi connectivity index (χ0) is 15.9. The first-order valence-corrected chi connectivity index (χ1v) is 9.37. The van der Waals surface area contributed by atoms with Gasteiger partial charge in [0.05, 0.1) is 0 Å². The van der Waals surface area contributed by atoms with Crippen molar-refractivity contribution in [3.63, 3.8) is 0 Å². The molecule has 0 bridgehead atoms. The maximum atomic E-state index is 12.3. The highest BCUT2D eigenvalue weighted by molar-refractivity contribution is 7.98. The lowest BCUT2D eigenvalue weighted by Crippen LogP contribution is -2.24. The summed E-state index contributed by atoms with van der Waals surface area (Å²) >= 11 is 1.80. The van der Waals surface area contributed by atoms with E-state index in [0.717, 1.165) is 24.3 Å². The van der Waals surface area contributed by atoms with Crippen molar-refractivity contribution in [1.82, 2.24) is 0 Å². The zero-order valence-electron chi connectivity index (χ0n) is 13.3. The summed E-state index contributed by atoms with van der Waals surface area (Å²) < 4.78 is 0. The van der Waals surface area contributed by atoms with Gasteiger partial charge in [-0.3, -0.25) is 4.79 Å². The quantitative estimate of drug-likeness (QED) is 0.736. The average molecular weight is 325 g/mol. The Morgan fingerprint density at radius 2 is 1.78 bits per heavy atom. The van der Waals surface area contributed by atoms with Crippen LogP contribution < -0.4 is 5.32 Å². The third-order valence-electron chi connectivity index (χ3n) is 4.33. The van der Waals surface area contributed by atoms with E-state index in [1.165, 1.54) is 29.7 Å². The molecule has 3 rings (SSSR count). The van der Waals surface area contributed by atoms with Gasteiger partial charge in [-0.25, -0.2) is 0 Å². The molecule has 0 atom stereocenters. The second kappa shape index (κ2) is 8.21. The number of carbonyl (C=O) groups is 1. The van der Waals surface area contributed by atoms with Crippen LogP contribution >= 0.6 is 11.8 Å². The van der Waals surface area contributed by atoms with Crippen LogP contribution in [0.4, 0.5) is 5.69 Å². The van der Waals surface area contributed by atoms with Crippen LogP contribution in [0, 0.1) is 5.92 Å². The largest absolute Gasteiger partial charge is 0.326 e. The molecule has 1 N–H and O–H groups in total. The van der Waals surface area contributed by atoms with Crippen molar-refractivity contribution < 1.29 is 4.79 Å². The Balaban J connectivity index is 1.57. The highest BCUT2D eigenvalue weighted by Crippen LogP contribution is 2.27. The molecule has 0 aliphatic heterocycles. The predicted molar refractivity (Wildman–Crippen MR) is 97.6 cm³/mol. The van der Waals surface area contributed by atoms with Crippen molar-refractivity contribution in [3.05, 3.63) is 60.2 Å². The maximum Gasteiger partial charge on any atom is 0.227 e. The van der Waals surface area contributed by atoms with Crippen LogP contribution in [-0.4, -0.2) is 5.91 Å². The molecule has 2 aromatic carbocycles. The van der Waals surface area contributed by atoms with Gasteiger partial charge in [0.25, 0.3) is 0 Å². The molecule has 0 radical (unpaired) electrons. The molecule has 1 saturated carbocycles. The summed E-state index contributed by atoms with van der Waals surface area (Å²) in [6, 6.07) is 18.6. The van der Waals surface area contributed by atoms with Gasteiger partial charge in [0.1, 0.15) is 0 Å². The van der Waals surface area contributed by atoms with E-state index < -0.39 is 0 Å². The third-order valence-corrected chi connectivity index (χ3v) is 5.39. The normalized spacial score (nSPS) is 15.3. The molecule has 2 aromatic rings. The first kappa shape index (κ1) is 16.1. The Kier molecular flexibility index (Phi) is 5.76. The SMILES string of the molecule is O=C(Nc1cccc(SCc2ccccc2)c1)C1CCCCC1. The van der Waals surface area contributed by atoms with Crippen LogP contribution in [0.2, 0.25) is 0 Å². The van der Waals surface area contributed by atoms with Crippen molar-refractivity contribution >= 4 is 23.4 Å². The molecule has 23 heavy (non-hydrogen) atoms. The molecule has 0 aromatic heterocycles. The molecule has 0 unspecified atom stereocenters. The predicted octanol–water partition coefficient (Wildman–Crippen LogP) is 5.50. The minimum absolute atomic E-state index is 0.190. The number of hydrogen-bond acceptors (Lipinski definition) is 2. The molecule has 0 spiro atoms. The molecule has 2 nitrogen and oxygen atoms in total. The van der Waals surface area contributed by atoms with E-state index in [0.29, 0.717) is 0 Å².